The fourth-order valence-electron chi connectivity index (χ4n) is 3.66. The highest BCUT2D eigenvalue weighted by atomic mass is 32.2. The van der Waals surface area contributed by atoms with Crippen molar-refractivity contribution in [1.29, 1.82) is 0 Å². The number of nitrogens with one attached hydrogen (secondary N) is 1. The van der Waals surface area contributed by atoms with E-state index >= 15 is 0 Å². The van der Waals surface area contributed by atoms with Crippen molar-refractivity contribution >= 4 is 15.8 Å². The van der Waals surface area contributed by atoms with Gasteiger partial charge in [0.05, 0.1) is 16.3 Å². The molecule has 7 nitrogen and oxygen atoms in total. The molecule has 2 heterocycles. The molecular formula is C20H19F2N5O2S. The van der Waals surface area contributed by atoms with E-state index in [4.69, 9.17) is 5.14 Å². The molecule has 0 radical (unpaired) electrons. The van der Waals surface area contributed by atoms with Crippen molar-refractivity contribution in [3.05, 3.63) is 66.2 Å². The zero-order valence-electron chi connectivity index (χ0n) is 15.8. The van der Waals surface area contributed by atoms with E-state index in [1.165, 1.54) is 30.5 Å². The number of pyridine rings is 1. The number of anilines is 1. The van der Waals surface area contributed by atoms with Crippen LogP contribution >= 0.6 is 0 Å². The molecule has 0 aliphatic heterocycles. The number of rotatable bonds is 6. The second kappa shape index (κ2) is 7.69. The summed E-state index contributed by atoms with van der Waals surface area (Å²) in [6, 6.07) is 12.2. The molecule has 1 aliphatic carbocycles. The maximum absolute atomic E-state index is 14.2. The molecule has 0 unspecified atom stereocenters. The summed E-state index contributed by atoms with van der Waals surface area (Å²) in [6.07, 6.45) is 0.864. The first kappa shape index (κ1) is 20.3. The van der Waals surface area contributed by atoms with E-state index in [1.807, 2.05) is 0 Å². The second-order valence-corrected chi connectivity index (χ2v) is 8.91. The minimum Gasteiger partial charge on any atom is -0.368 e. The highest BCUT2D eigenvalue weighted by molar-refractivity contribution is 7.89. The van der Waals surface area contributed by atoms with Crippen molar-refractivity contribution in [3.8, 4) is 11.3 Å². The molecule has 1 saturated carbocycles. The number of nitrogens with two attached hydrogens (primary N) is 1. The summed E-state index contributed by atoms with van der Waals surface area (Å²) in [5.74, 6) is -0.0262. The van der Waals surface area contributed by atoms with E-state index in [-0.39, 0.29) is 30.0 Å². The molecule has 4 rings (SSSR count). The normalized spacial score (nSPS) is 21.1. The summed E-state index contributed by atoms with van der Waals surface area (Å²) in [6.45, 7) is 0.260. The number of primary sulfonamides is 1. The highest BCUT2D eigenvalue weighted by Gasteiger charge is 2.48. The van der Waals surface area contributed by atoms with Gasteiger partial charge in [0.15, 0.2) is 0 Å². The van der Waals surface area contributed by atoms with Crippen LogP contribution < -0.4 is 10.5 Å². The van der Waals surface area contributed by atoms with Crippen LogP contribution in [0.2, 0.25) is 0 Å². The van der Waals surface area contributed by atoms with Crippen LogP contribution in [-0.4, -0.2) is 36.3 Å². The Morgan fingerprint density at radius 2 is 1.93 bits per heavy atom. The molecule has 10 heteroatoms. The van der Waals surface area contributed by atoms with E-state index in [0.29, 0.717) is 17.1 Å². The quantitative estimate of drug-likeness (QED) is 0.621. The molecule has 1 aliphatic rings. The zero-order chi connectivity index (χ0) is 21.4. The summed E-state index contributed by atoms with van der Waals surface area (Å²) in [4.78, 5) is 4.10. The van der Waals surface area contributed by atoms with Gasteiger partial charge in [0.25, 0.3) is 0 Å². The molecule has 0 bridgehead atoms. The Morgan fingerprint density at radius 1 is 1.13 bits per heavy atom. The fraction of sp³-hybridized carbons (Fsp3) is 0.250. The lowest BCUT2D eigenvalue weighted by Gasteiger charge is -2.44. The average Bonchev–Trinajstić information content (AvgIpc) is 2.71. The fourth-order valence-corrected chi connectivity index (χ4v) is 4.22. The summed E-state index contributed by atoms with van der Waals surface area (Å²) < 4.78 is 50.9. The van der Waals surface area contributed by atoms with Crippen molar-refractivity contribution in [2.75, 3.05) is 11.9 Å². The predicted octanol–water partition coefficient (Wildman–Crippen LogP) is 2.81. The third-order valence-corrected chi connectivity index (χ3v) is 6.13. The van der Waals surface area contributed by atoms with E-state index in [0.717, 1.165) is 0 Å². The van der Waals surface area contributed by atoms with Crippen molar-refractivity contribution in [2.45, 2.75) is 29.3 Å². The maximum atomic E-state index is 14.2. The Hall–Kier alpha value is -2.98. The van der Waals surface area contributed by atoms with Gasteiger partial charge in [0, 0.05) is 23.7 Å². The SMILES string of the molecule is NS(=O)(=O)c1cccc(-c2ccc(NC[C@]3(c4ncccc4F)C[C@H](F)C3)nn2)c1. The molecule has 0 saturated heterocycles. The molecule has 3 aromatic rings. The van der Waals surface area contributed by atoms with Crippen LogP contribution in [-0.2, 0) is 15.4 Å². The van der Waals surface area contributed by atoms with Crippen LogP contribution in [0.5, 0.6) is 0 Å². The number of hydrogen-bond acceptors (Lipinski definition) is 6. The molecular weight excluding hydrogens is 412 g/mol. The van der Waals surface area contributed by atoms with Gasteiger partial charge in [-0.05, 0) is 49.2 Å². The van der Waals surface area contributed by atoms with Crippen LogP contribution in [0, 0.1) is 5.82 Å². The number of alkyl halides is 1. The second-order valence-electron chi connectivity index (χ2n) is 7.35. The molecule has 1 aromatic carbocycles. The lowest BCUT2D eigenvalue weighted by atomic mass is 9.65. The molecule has 0 atom stereocenters. The Bertz CT molecular complexity index is 1170. The van der Waals surface area contributed by atoms with Gasteiger partial charge >= 0.3 is 0 Å². The first-order chi connectivity index (χ1) is 14.3. The van der Waals surface area contributed by atoms with Gasteiger partial charge in [-0.1, -0.05) is 12.1 Å². The average molecular weight is 431 g/mol. The Balaban J connectivity index is 1.51. The smallest absolute Gasteiger partial charge is 0.238 e. The number of halogens is 2. The van der Waals surface area contributed by atoms with Gasteiger partial charge < -0.3 is 5.32 Å². The Labute approximate surface area is 172 Å². The van der Waals surface area contributed by atoms with Gasteiger partial charge in [-0.25, -0.2) is 22.3 Å². The molecule has 3 N–H and O–H groups in total. The van der Waals surface area contributed by atoms with Crippen molar-refractivity contribution < 1.29 is 17.2 Å². The lowest BCUT2D eigenvalue weighted by Crippen LogP contribution is -2.49. The monoisotopic (exact) mass is 431 g/mol. The molecule has 156 valence electrons. The number of nitrogens with zero attached hydrogens (tertiary/aromatic N) is 3. The third-order valence-electron chi connectivity index (χ3n) is 5.22. The molecule has 1 fully saturated rings. The van der Waals surface area contributed by atoms with Crippen LogP contribution in [0.3, 0.4) is 0 Å². The number of aromatic nitrogens is 3. The molecule has 0 amide bonds. The van der Waals surface area contributed by atoms with Gasteiger partial charge in [-0.15, -0.1) is 10.2 Å². The number of benzene rings is 1. The van der Waals surface area contributed by atoms with Crippen LogP contribution in [0.4, 0.5) is 14.6 Å². The predicted molar refractivity (Wildman–Crippen MR) is 107 cm³/mol. The number of sulfonamides is 1. The third kappa shape index (κ3) is 4.01. The van der Waals surface area contributed by atoms with Crippen LogP contribution in [0.25, 0.3) is 11.3 Å². The van der Waals surface area contributed by atoms with Gasteiger partial charge in [0.1, 0.15) is 17.8 Å². The summed E-state index contributed by atoms with van der Waals surface area (Å²) in [7, 11) is -3.83. The summed E-state index contributed by atoms with van der Waals surface area (Å²) in [5, 5.41) is 16.5. The van der Waals surface area contributed by atoms with E-state index < -0.39 is 27.4 Å². The zero-order valence-corrected chi connectivity index (χ0v) is 16.6. The van der Waals surface area contributed by atoms with E-state index in [2.05, 4.69) is 20.5 Å². The van der Waals surface area contributed by atoms with E-state index in [1.54, 1.807) is 24.3 Å². The first-order valence-electron chi connectivity index (χ1n) is 9.23. The van der Waals surface area contributed by atoms with Gasteiger partial charge in [0.2, 0.25) is 10.0 Å². The highest BCUT2D eigenvalue weighted by Crippen LogP contribution is 2.45. The van der Waals surface area contributed by atoms with E-state index in [9.17, 15) is 17.2 Å². The molecule has 0 spiro atoms. The standard InChI is InChI=1S/C20H19F2N5O2S/c21-14-10-20(11-14,19-16(22)5-2-8-24-19)12-25-18-7-6-17(26-27-18)13-3-1-4-15(9-13)30(23,28)29/h1-9,14H,10-12H2,(H,25,27)(H2,23,28,29)/t14-,20-. The van der Waals surface area contributed by atoms with Gasteiger partial charge in [-0.2, -0.15) is 0 Å². The largest absolute Gasteiger partial charge is 0.368 e. The molecule has 2 aromatic heterocycles. The van der Waals surface area contributed by atoms with Gasteiger partial charge in [-0.3, -0.25) is 4.98 Å². The first-order valence-corrected chi connectivity index (χ1v) is 10.8. The van der Waals surface area contributed by atoms with Crippen molar-refractivity contribution in [2.24, 2.45) is 5.14 Å². The lowest BCUT2D eigenvalue weighted by molar-refractivity contribution is 0.0964. The minimum atomic E-state index is -3.83. The van der Waals surface area contributed by atoms with Crippen LogP contribution in [0.15, 0.2) is 59.6 Å². The maximum Gasteiger partial charge on any atom is 0.238 e. The number of hydrogen-bond donors (Lipinski definition) is 2. The minimum absolute atomic E-state index is 0.0194. The van der Waals surface area contributed by atoms with Crippen molar-refractivity contribution in [3.63, 3.8) is 0 Å². The van der Waals surface area contributed by atoms with Crippen LogP contribution in [0.1, 0.15) is 18.5 Å². The molecule has 30 heavy (non-hydrogen) atoms. The Morgan fingerprint density at radius 3 is 2.57 bits per heavy atom. The Kier molecular flexibility index (Phi) is 5.20. The summed E-state index contributed by atoms with van der Waals surface area (Å²) >= 11 is 0. The summed E-state index contributed by atoms with van der Waals surface area (Å²) in [5.41, 5.74) is 0.515. The topological polar surface area (TPSA) is 111 Å². The van der Waals surface area contributed by atoms with Crippen molar-refractivity contribution in [1.82, 2.24) is 15.2 Å².